The van der Waals surface area contributed by atoms with Crippen molar-refractivity contribution in [3.8, 4) is 17.6 Å². The first-order chi connectivity index (χ1) is 8.31. The molecule has 0 aliphatic rings. The van der Waals surface area contributed by atoms with E-state index in [2.05, 4.69) is 4.98 Å². The minimum atomic E-state index is -0.0250. The van der Waals surface area contributed by atoms with Crippen molar-refractivity contribution in [2.45, 2.75) is 6.61 Å². The molecule has 0 saturated carbocycles. The number of rotatable bonds is 3. The summed E-state index contributed by atoms with van der Waals surface area (Å²) >= 11 is 0. The number of hydrogen-bond acceptors (Lipinski definition) is 4. The van der Waals surface area contributed by atoms with E-state index in [4.69, 9.17) is 15.1 Å². The predicted octanol–water partition coefficient (Wildman–Crippen LogP) is 2.24. The summed E-state index contributed by atoms with van der Waals surface area (Å²) in [6.45, 7) is -0.0250. The Labute approximate surface area is 98.7 Å². The Morgan fingerprint density at radius 2 is 2.12 bits per heavy atom. The van der Waals surface area contributed by atoms with Crippen molar-refractivity contribution >= 4 is 0 Å². The van der Waals surface area contributed by atoms with Gasteiger partial charge in [0, 0.05) is 0 Å². The third-order valence-corrected chi connectivity index (χ3v) is 2.17. The quantitative estimate of drug-likeness (QED) is 0.871. The molecule has 0 spiro atoms. The van der Waals surface area contributed by atoms with Crippen molar-refractivity contribution in [3.63, 3.8) is 0 Å². The van der Waals surface area contributed by atoms with Crippen molar-refractivity contribution in [2.24, 2.45) is 0 Å². The summed E-state index contributed by atoms with van der Waals surface area (Å²) in [6, 6.07) is 12.4. The maximum atomic E-state index is 8.99. The van der Waals surface area contributed by atoms with Crippen molar-refractivity contribution < 1.29 is 9.84 Å². The largest absolute Gasteiger partial charge is 0.456 e. The summed E-state index contributed by atoms with van der Waals surface area (Å²) in [6.07, 6.45) is 1.49. The van der Waals surface area contributed by atoms with Gasteiger partial charge in [0.25, 0.3) is 0 Å². The SMILES string of the molecule is N#Cc1ccc(Oc2cccc(CO)c2)cn1. The lowest BCUT2D eigenvalue weighted by Gasteiger charge is -2.06. The van der Waals surface area contributed by atoms with E-state index in [1.165, 1.54) is 6.20 Å². The van der Waals surface area contributed by atoms with Gasteiger partial charge in [0.05, 0.1) is 12.8 Å². The fourth-order valence-electron chi connectivity index (χ4n) is 1.35. The van der Waals surface area contributed by atoms with Crippen LogP contribution in [0.1, 0.15) is 11.3 Å². The molecule has 1 aromatic heterocycles. The summed E-state index contributed by atoms with van der Waals surface area (Å²) in [4.78, 5) is 3.90. The van der Waals surface area contributed by atoms with Crippen LogP contribution in [0.15, 0.2) is 42.6 Å². The van der Waals surface area contributed by atoms with E-state index in [1.807, 2.05) is 12.1 Å². The van der Waals surface area contributed by atoms with Gasteiger partial charge in [-0.3, -0.25) is 0 Å². The van der Waals surface area contributed by atoms with E-state index in [0.717, 1.165) is 5.56 Å². The van der Waals surface area contributed by atoms with Crippen LogP contribution in [0, 0.1) is 11.3 Å². The maximum Gasteiger partial charge on any atom is 0.145 e. The van der Waals surface area contributed by atoms with Crippen LogP contribution >= 0.6 is 0 Å². The topological polar surface area (TPSA) is 66.1 Å². The number of aliphatic hydroxyl groups excluding tert-OH is 1. The van der Waals surface area contributed by atoms with E-state index in [0.29, 0.717) is 17.2 Å². The summed E-state index contributed by atoms with van der Waals surface area (Å²) < 4.78 is 5.54. The second kappa shape index (κ2) is 5.10. The summed E-state index contributed by atoms with van der Waals surface area (Å²) in [5.74, 6) is 1.18. The molecule has 4 nitrogen and oxygen atoms in total. The Balaban J connectivity index is 2.16. The number of hydrogen-bond donors (Lipinski definition) is 1. The lowest BCUT2D eigenvalue weighted by Crippen LogP contribution is -1.89. The number of pyridine rings is 1. The van der Waals surface area contributed by atoms with Gasteiger partial charge in [-0.05, 0) is 29.8 Å². The van der Waals surface area contributed by atoms with Crippen LogP contribution in [-0.4, -0.2) is 10.1 Å². The van der Waals surface area contributed by atoms with E-state index < -0.39 is 0 Å². The molecule has 1 N–H and O–H groups in total. The van der Waals surface area contributed by atoms with Gasteiger partial charge in [-0.15, -0.1) is 0 Å². The first-order valence-corrected chi connectivity index (χ1v) is 5.05. The summed E-state index contributed by atoms with van der Waals surface area (Å²) in [7, 11) is 0. The predicted molar refractivity (Wildman–Crippen MR) is 61.4 cm³/mol. The highest BCUT2D eigenvalue weighted by Gasteiger charge is 1.99. The molecule has 0 saturated heterocycles. The maximum absolute atomic E-state index is 8.99. The van der Waals surface area contributed by atoms with E-state index in [9.17, 15) is 0 Å². The molecule has 0 bridgehead atoms. The Morgan fingerprint density at radius 3 is 2.76 bits per heavy atom. The third-order valence-electron chi connectivity index (χ3n) is 2.17. The molecular formula is C13H10N2O2. The van der Waals surface area contributed by atoms with E-state index >= 15 is 0 Å². The fraction of sp³-hybridized carbons (Fsp3) is 0.0769. The van der Waals surface area contributed by atoms with Crippen LogP contribution in [0.5, 0.6) is 11.5 Å². The highest BCUT2D eigenvalue weighted by atomic mass is 16.5. The van der Waals surface area contributed by atoms with Gasteiger partial charge in [0.1, 0.15) is 23.3 Å². The zero-order valence-corrected chi connectivity index (χ0v) is 9.00. The fourth-order valence-corrected chi connectivity index (χ4v) is 1.35. The highest BCUT2D eigenvalue weighted by Crippen LogP contribution is 2.21. The van der Waals surface area contributed by atoms with Gasteiger partial charge in [-0.25, -0.2) is 4.98 Å². The Bertz CT molecular complexity index is 544. The normalized spacial score (nSPS) is 9.65. The number of ether oxygens (including phenoxy) is 1. The van der Waals surface area contributed by atoms with Crippen molar-refractivity contribution in [2.75, 3.05) is 0 Å². The van der Waals surface area contributed by atoms with E-state index in [1.54, 1.807) is 30.3 Å². The average Bonchev–Trinajstić information content (AvgIpc) is 2.40. The molecule has 0 unspecified atom stereocenters. The average molecular weight is 226 g/mol. The third kappa shape index (κ3) is 2.80. The van der Waals surface area contributed by atoms with Gasteiger partial charge >= 0.3 is 0 Å². The van der Waals surface area contributed by atoms with Gasteiger partial charge in [0.15, 0.2) is 0 Å². The second-order valence-electron chi connectivity index (χ2n) is 3.40. The van der Waals surface area contributed by atoms with Gasteiger partial charge in [-0.1, -0.05) is 12.1 Å². The monoisotopic (exact) mass is 226 g/mol. The van der Waals surface area contributed by atoms with Gasteiger partial charge < -0.3 is 9.84 Å². The van der Waals surface area contributed by atoms with E-state index in [-0.39, 0.29) is 6.61 Å². The molecule has 0 atom stereocenters. The second-order valence-corrected chi connectivity index (χ2v) is 3.40. The summed E-state index contributed by atoms with van der Waals surface area (Å²) in [5.41, 5.74) is 1.13. The minimum Gasteiger partial charge on any atom is -0.456 e. The lowest BCUT2D eigenvalue weighted by atomic mass is 10.2. The Morgan fingerprint density at radius 1 is 1.24 bits per heavy atom. The molecule has 0 aliphatic carbocycles. The number of aromatic nitrogens is 1. The van der Waals surface area contributed by atoms with Crippen molar-refractivity contribution in [1.82, 2.24) is 4.98 Å². The van der Waals surface area contributed by atoms with Crippen molar-refractivity contribution in [3.05, 3.63) is 53.9 Å². The molecule has 4 heteroatoms. The number of aliphatic hydroxyl groups is 1. The smallest absolute Gasteiger partial charge is 0.145 e. The molecule has 0 amide bonds. The van der Waals surface area contributed by atoms with Crippen LogP contribution in [0.3, 0.4) is 0 Å². The number of nitrogens with zero attached hydrogens (tertiary/aromatic N) is 2. The van der Waals surface area contributed by atoms with Gasteiger partial charge in [0.2, 0.25) is 0 Å². The first kappa shape index (κ1) is 11.1. The van der Waals surface area contributed by atoms with Crippen LogP contribution in [0.2, 0.25) is 0 Å². The van der Waals surface area contributed by atoms with Crippen molar-refractivity contribution in [1.29, 1.82) is 5.26 Å². The molecule has 0 fully saturated rings. The van der Waals surface area contributed by atoms with Gasteiger partial charge in [-0.2, -0.15) is 5.26 Å². The molecule has 17 heavy (non-hydrogen) atoms. The molecular weight excluding hydrogens is 216 g/mol. The lowest BCUT2D eigenvalue weighted by molar-refractivity contribution is 0.281. The Hall–Kier alpha value is -2.38. The van der Waals surface area contributed by atoms with Crippen LogP contribution in [-0.2, 0) is 6.61 Å². The summed E-state index contributed by atoms with van der Waals surface area (Å²) in [5, 5.41) is 17.6. The molecule has 0 aliphatic heterocycles. The molecule has 84 valence electrons. The standard InChI is InChI=1S/C13H10N2O2/c14-7-11-4-5-13(8-15-11)17-12-3-1-2-10(6-12)9-16/h1-6,8,16H,9H2. The number of benzene rings is 1. The van der Waals surface area contributed by atoms with Crippen LogP contribution in [0.25, 0.3) is 0 Å². The zero-order chi connectivity index (χ0) is 12.1. The Kier molecular flexibility index (Phi) is 3.34. The molecule has 2 aromatic rings. The minimum absolute atomic E-state index is 0.0250. The molecule has 0 radical (unpaired) electrons. The van der Waals surface area contributed by atoms with Crippen LogP contribution < -0.4 is 4.74 Å². The molecule has 1 aromatic carbocycles. The van der Waals surface area contributed by atoms with Crippen LogP contribution in [0.4, 0.5) is 0 Å². The number of nitriles is 1. The highest BCUT2D eigenvalue weighted by molar-refractivity contribution is 5.34. The zero-order valence-electron chi connectivity index (χ0n) is 9.00. The first-order valence-electron chi connectivity index (χ1n) is 5.05. The molecule has 2 rings (SSSR count). The molecule has 1 heterocycles.